The summed E-state index contributed by atoms with van der Waals surface area (Å²) in [6.45, 7) is 0. The number of rotatable bonds is 2. The van der Waals surface area contributed by atoms with E-state index in [-0.39, 0.29) is 6.04 Å². The highest BCUT2D eigenvalue weighted by Crippen LogP contribution is 2.45. The maximum absolute atomic E-state index is 11.3. The van der Waals surface area contributed by atoms with Crippen LogP contribution in [0.5, 0.6) is 0 Å². The Kier molecular flexibility index (Phi) is 2.52. The molecule has 0 aromatic carbocycles. The molecule has 0 unspecified atom stereocenters. The Bertz CT molecular complexity index is 402. The first-order valence-electron chi connectivity index (χ1n) is 4.66. The van der Waals surface area contributed by atoms with Gasteiger partial charge >= 0.3 is 5.97 Å². The Morgan fingerprint density at radius 3 is 2.80 bits per heavy atom. The topological polar surface area (TPSA) is 76.2 Å². The molecule has 2 rings (SSSR count). The van der Waals surface area contributed by atoms with Gasteiger partial charge in [0.2, 0.25) is 0 Å². The zero-order chi connectivity index (χ0) is 11.1. The van der Waals surface area contributed by atoms with Crippen LogP contribution in [0.1, 0.15) is 18.4 Å². The van der Waals surface area contributed by atoms with Crippen molar-refractivity contribution >= 4 is 21.9 Å². The van der Waals surface area contributed by atoms with Crippen LogP contribution in [-0.4, -0.2) is 22.1 Å². The molecule has 0 spiro atoms. The zero-order valence-corrected chi connectivity index (χ0v) is 9.57. The van der Waals surface area contributed by atoms with Crippen LogP contribution in [0.25, 0.3) is 0 Å². The molecular formula is C10H11BrN2O2. The lowest BCUT2D eigenvalue weighted by Gasteiger charge is -2.43. The van der Waals surface area contributed by atoms with Gasteiger partial charge in [-0.1, -0.05) is 6.07 Å². The molecule has 80 valence electrons. The van der Waals surface area contributed by atoms with E-state index in [0.29, 0.717) is 17.4 Å². The average Bonchev–Trinajstić information content (AvgIpc) is 2.13. The fourth-order valence-electron chi connectivity index (χ4n) is 2.09. The van der Waals surface area contributed by atoms with E-state index in [1.165, 1.54) is 0 Å². The fourth-order valence-corrected chi connectivity index (χ4v) is 2.72. The summed E-state index contributed by atoms with van der Waals surface area (Å²) in [4.78, 5) is 15.3. The summed E-state index contributed by atoms with van der Waals surface area (Å²) in [6.07, 6.45) is 2.58. The van der Waals surface area contributed by atoms with E-state index in [2.05, 4.69) is 20.9 Å². The number of carbonyl (C=O) groups is 1. The molecule has 0 atom stereocenters. The van der Waals surface area contributed by atoms with Gasteiger partial charge < -0.3 is 10.8 Å². The summed E-state index contributed by atoms with van der Waals surface area (Å²) in [7, 11) is 0. The summed E-state index contributed by atoms with van der Waals surface area (Å²) >= 11 is 3.28. The molecule has 1 saturated carbocycles. The molecule has 5 heteroatoms. The van der Waals surface area contributed by atoms with Crippen molar-refractivity contribution in [2.45, 2.75) is 24.3 Å². The molecule has 1 aromatic heterocycles. The number of aliphatic carboxylic acids is 1. The number of pyridine rings is 1. The van der Waals surface area contributed by atoms with Gasteiger partial charge in [0, 0.05) is 17.8 Å². The number of carboxylic acids is 1. The van der Waals surface area contributed by atoms with Gasteiger partial charge in [0.05, 0.1) is 5.41 Å². The second-order valence-electron chi connectivity index (χ2n) is 3.90. The zero-order valence-electron chi connectivity index (χ0n) is 7.98. The molecule has 1 heterocycles. The molecule has 1 aliphatic rings. The van der Waals surface area contributed by atoms with Gasteiger partial charge in [0.1, 0.15) is 4.60 Å². The first kappa shape index (κ1) is 10.6. The number of hydrogen-bond donors (Lipinski definition) is 2. The Hall–Kier alpha value is -0.940. The van der Waals surface area contributed by atoms with Crippen molar-refractivity contribution in [1.82, 2.24) is 4.98 Å². The van der Waals surface area contributed by atoms with Gasteiger partial charge in [-0.15, -0.1) is 0 Å². The second kappa shape index (κ2) is 3.57. The lowest BCUT2D eigenvalue weighted by Crippen LogP contribution is -2.54. The van der Waals surface area contributed by atoms with Crippen LogP contribution in [0.2, 0.25) is 0 Å². The van der Waals surface area contributed by atoms with Crippen molar-refractivity contribution in [3.8, 4) is 0 Å². The van der Waals surface area contributed by atoms with Crippen molar-refractivity contribution in [3.05, 3.63) is 28.5 Å². The summed E-state index contributed by atoms with van der Waals surface area (Å²) in [5, 5.41) is 9.28. The van der Waals surface area contributed by atoms with E-state index in [9.17, 15) is 9.90 Å². The van der Waals surface area contributed by atoms with Gasteiger partial charge in [0.15, 0.2) is 0 Å². The quantitative estimate of drug-likeness (QED) is 0.794. The largest absolute Gasteiger partial charge is 0.481 e. The highest BCUT2D eigenvalue weighted by Gasteiger charge is 2.51. The highest BCUT2D eigenvalue weighted by molar-refractivity contribution is 9.10. The van der Waals surface area contributed by atoms with E-state index in [0.717, 1.165) is 5.56 Å². The number of nitrogens with zero attached hydrogens (tertiary/aromatic N) is 1. The predicted molar refractivity (Wildman–Crippen MR) is 58.5 cm³/mol. The van der Waals surface area contributed by atoms with Crippen LogP contribution in [-0.2, 0) is 10.2 Å². The molecule has 3 N–H and O–H groups in total. The van der Waals surface area contributed by atoms with E-state index in [1.54, 1.807) is 18.3 Å². The van der Waals surface area contributed by atoms with Crippen LogP contribution in [0.15, 0.2) is 22.9 Å². The molecule has 1 aliphatic carbocycles. The third kappa shape index (κ3) is 1.55. The van der Waals surface area contributed by atoms with Crippen LogP contribution in [0.4, 0.5) is 0 Å². The van der Waals surface area contributed by atoms with Crippen molar-refractivity contribution in [2.24, 2.45) is 5.73 Å². The summed E-state index contributed by atoms with van der Waals surface area (Å²) in [5.74, 6) is -0.821. The standard InChI is InChI=1S/C10H11BrN2O2/c11-8-7(2-1-3-13-8)10(9(14)15)4-6(12)5-10/h1-3,6H,4-5,12H2,(H,14,15). The lowest BCUT2D eigenvalue weighted by molar-refractivity contribution is -0.148. The highest BCUT2D eigenvalue weighted by atomic mass is 79.9. The minimum atomic E-state index is -0.841. The first-order valence-corrected chi connectivity index (χ1v) is 5.45. The minimum absolute atomic E-state index is 0.0202. The van der Waals surface area contributed by atoms with Gasteiger partial charge in [-0.25, -0.2) is 4.98 Å². The smallest absolute Gasteiger partial charge is 0.314 e. The number of aromatic nitrogens is 1. The molecule has 1 aromatic rings. The van der Waals surface area contributed by atoms with Crippen molar-refractivity contribution in [1.29, 1.82) is 0 Å². The third-order valence-corrected chi connectivity index (χ3v) is 3.54. The maximum Gasteiger partial charge on any atom is 0.314 e. The van der Waals surface area contributed by atoms with Crippen LogP contribution in [0.3, 0.4) is 0 Å². The second-order valence-corrected chi connectivity index (χ2v) is 4.65. The Morgan fingerprint density at radius 2 is 2.33 bits per heavy atom. The summed E-state index contributed by atoms with van der Waals surface area (Å²) in [5.41, 5.74) is 5.56. The van der Waals surface area contributed by atoms with Gasteiger partial charge in [-0.05, 0) is 34.8 Å². The first-order chi connectivity index (χ1) is 7.06. The lowest BCUT2D eigenvalue weighted by atomic mass is 9.62. The van der Waals surface area contributed by atoms with Crippen LogP contribution in [0, 0.1) is 0 Å². The van der Waals surface area contributed by atoms with Crippen LogP contribution < -0.4 is 5.73 Å². The number of halogens is 1. The molecule has 0 saturated heterocycles. The molecular weight excluding hydrogens is 260 g/mol. The van der Waals surface area contributed by atoms with Crippen molar-refractivity contribution in [3.63, 3.8) is 0 Å². The molecule has 0 aliphatic heterocycles. The van der Waals surface area contributed by atoms with Gasteiger partial charge in [-0.3, -0.25) is 4.79 Å². The molecule has 1 fully saturated rings. The van der Waals surface area contributed by atoms with Crippen LogP contribution >= 0.6 is 15.9 Å². The van der Waals surface area contributed by atoms with E-state index >= 15 is 0 Å². The Balaban J connectivity index is 2.43. The van der Waals surface area contributed by atoms with Gasteiger partial charge in [0.25, 0.3) is 0 Å². The molecule has 0 radical (unpaired) electrons. The normalized spacial score (nSPS) is 29.6. The number of nitrogens with two attached hydrogens (primary N) is 1. The average molecular weight is 271 g/mol. The molecule has 0 amide bonds. The summed E-state index contributed by atoms with van der Waals surface area (Å²) < 4.78 is 0.597. The molecule has 0 bridgehead atoms. The minimum Gasteiger partial charge on any atom is -0.481 e. The molecule has 4 nitrogen and oxygen atoms in total. The van der Waals surface area contributed by atoms with E-state index < -0.39 is 11.4 Å². The van der Waals surface area contributed by atoms with E-state index in [4.69, 9.17) is 5.73 Å². The maximum atomic E-state index is 11.3. The number of carboxylic acid groups (broad SMARTS) is 1. The summed E-state index contributed by atoms with van der Waals surface area (Å²) in [6, 6.07) is 3.51. The Labute approximate surface area is 95.6 Å². The van der Waals surface area contributed by atoms with Gasteiger partial charge in [-0.2, -0.15) is 0 Å². The number of hydrogen-bond acceptors (Lipinski definition) is 3. The van der Waals surface area contributed by atoms with E-state index in [1.807, 2.05) is 0 Å². The SMILES string of the molecule is NC1CC(C(=O)O)(c2cccnc2Br)C1. The third-order valence-electron chi connectivity index (χ3n) is 2.91. The Morgan fingerprint density at radius 1 is 1.67 bits per heavy atom. The van der Waals surface area contributed by atoms with Crippen molar-refractivity contribution < 1.29 is 9.90 Å². The van der Waals surface area contributed by atoms with Crippen molar-refractivity contribution in [2.75, 3.05) is 0 Å². The fraction of sp³-hybridized carbons (Fsp3) is 0.400. The molecule has 15 heavy (non-hydrogen) atoms. The predicted octanol–water partition coefficient (Wildman–Crippen LogP) is 1.29. The monoisotopic (exact) mass is 270 g/mol.